The highest BCUT2D eigenvalue weighted by atomic mass is 35.5. The van der Waals surface area contributed by atoms with Crippen molar-refractivity contribution in [3.63, 3.8) is 0 Å². The topological polar surface area (TPSA) is 12.0 Å². The highest BCUT2D eigenvalue weighted by molar-refractivity contribution is 6.42. The number of hydrogen-bond acceptors (Lipinski definition) is 1. The predicted octanol–water partition coefficient (Wildman–Crippen LogP) is 5.53. The summed E-state index contributed by atoms with van der Waals surface area (Å²) in [5.41, 5.74) is 2.27. The Balaban J connectivity index is 2.49. The first-order valence-electron chi connectivity index (χ1n) is 6.98. The van der Waals surface area contributed by atoms with E-state index in [9.17, 15) is 4.39 Å². The van der Waals surface area contributed by atoms with E-state index in [1.54, 1.807) is 12.1 Å². The van der Waals surface area contributed by atoms with Gasteiger partial charge >= 0.3 is 0 Å². The van der Waals surface area contributed by atoms with E-state index in [4.69, 9.17) is 23.2 Å². The summed E-state index contributed by atoms with van der Waals surface area (Å²) in [6, 6.07) is 10.4. The van der Waals surface area contributed by atoms with Crippen molar-refractivity contribution in [2.75, 3.05) is 6.54 Å². The van der Waals surface area contributed by atoms with E-state index in [-0.39, 0.29) is 11.9 Å². The third-order valence-corrected chi connectivity index (χ3v) is 4.19. The number of hydrogen-bond donors (Lipinski definition) is 1. The molecule has 1 unspecified atom stereocenters. The number of benzene rings is 2. The van der Waals surface area contributed by atoms with Crippen LogP contribution in [-0.4, -0.2) is 6.54 Å². The van der Waals surface area contributed by atoms with Gasteiger partial charge in [-0.2, -0.15) is 0 Å². The van der Waals surface area contributed by atoms with E-state index < -0.39 is 0 Å². The zero-order valence-electron chi connectivity index (χ0n) is 12.1. The van der Waals surface area contributed by atoms with Gasteiger partial charge in [0.1, 0.15) is 5.82 Å². The van der Waals surface area contributed by atoms with E-state index in [2.05, 4.69) is 12.2 Å². The Morgan fingerprint density at radius 1 is 1.14 bits per heavy atom. The monoisotopic (exact) mass is 325 g/mol. The maximum absolute atomic E-state index is 14.3. The van der Waals surface area contributed by atoms with Gasteiger partial charge in [0.2, 0.25) is 0 Å². The molecule has 2 rings (SSSR count). The Morgan fingerprint density at radius 2 is 1.90 bits per heavy atom. The molecular weight excluding hydrogens is 308 g/mol. The fourth-order valence-electron chi connectivity index (χ4n) is 2.29. The maximum Gasteiger partial charge on any atom is 0.128 e. The number of rotatable bonds is 5. The largest absolute Gasteiger partial charge is 0.306 e. The Bertz CT molecular complexity index is 628. The lowest BCUT2D eigenvalue weighted by molar-refractivity contribution is 0.546. The van der Waals surface area contributed by atoms with Crippen LogP contribution in [0.3, 0.4) is 0 Å². The van der Waals surface area contributed by atoms with Crippen molar-refractivity contribution in [3.05, 3.63) is 69.0 Å². The van der Waals surface area contributed by atoms with Crippen LogP contribution >= 0.6 is 23.2 Å². The summed E-state index contributed by atoms with van der Waals surface area (Å²) in [6.45, 7) is 4.70. The van der Waals surface area contributed by atoms with Crippen LogP contribution in [0.2, 0.25) is 10.0 Å². The predicted molar refractivity (Wildman–Crippen MR) is 87.7 cm³/mol. The highest BCUT2D eigenvalue weighted by Crippen LogP contribution is 2.34. The Kier molecular flexibility index (Phi) is 5.63. The van der Waals surface area contributed by atoms with Gasteiger partial charge in [0, 0.05) is 5.56 Å². The van der Waals surface area contributed by atoms with Crippen LogP contribution in [0, 0.1) is 12.7 Å². The van der Waals surface area contributed by atoms with Crippen molar-refractivity contribution in [3.8, 4) is 0 Å². The van der Waals surface area contributed by atoms with Gasteiger partial charge < -0.3 is 5.32 Å². The third-order valence-electron chi connectivity index (χ3n) is 3.36. The molecule has 0 aliphatic carbocycles. The molecule has 0 radical (unpaired) electrons. The molecule has 2 aromatic carbocycles. The molecule has 0 aromatic heterocycles. The van der Waals surface area contributed by atoms with E-state index in [1.807, 2.05) is 25.1 Å². The second-order valence-corrected chi connectivity index (χ2v) is 5.84. The van der Waals surface area contributed by atoms with Gasteiger partial charge in [-0.25, -0.2) is 4.39 Å². The lowest BCUT2D eigenvalue weighted by Crippen LogP contribution is -2.24. The van der Waals surface area contributed by atoms with Gasteiger partial charge in [0.25, 0.3) is 0 Å². The third kappa shape index (κ3) is 3.76. The lowest BCUT2D eigenvalue weighted by atomic mass is 9.97. The smallest absolute Gasteiger partial charge is 0.128 e. The van der Waals surface area contributed by atoms with Crippen molar-refractivity contribution in [2.45, 2.75) is 26.3 Å². The van der Waals surface area contributed by atoms with E-state index in [0.717, 1.165) is 24.1 Å². The summed E-state index contributed by atoms with van der Waals surface area (Å²) < 4.78 is 14.3. The summed E-state index contributed by atoms with van der Waals surface area (Å²) in [4.78, 5) is 0. The SMILES string of the molecule is CCCNC(c1ccc(C)cc1F)c1cccc(Cl)c1Cl. The molecule has 0 heterocycles. The molecule has 112 valence electrons. The molecule has 0 bridgehead atoms. The van der Waals surface area contributed by atoms with Crippen LogP contribution in [0.15, 0.2) is 36.4 Å². The zero-order valence-corrected chi connectivity index (χ0v) is 13.6. The number of nitrogens with one attached hydrogen (secondary N) is 1. The fraction of sp³-hybridized carbons (Fsp3) is 0.294. The van der Waals surface area contributed by atoms with Gasteiger partial charge in [-0.15, -0.1) is 0 Å². The summed E-state index contributed by atoms with van der Waals surface area (Å²) in [6.07, 6.45) is 0.947. The highest BCUT2D eigenvalue weighted by Gasteiger charge is 2.20. The molecule has 0 aliphatic rings. The minimum absolute atomic E-state index is 0.236. The van der Waals surface area contributed by atoms with Crippen LogP contribution in [0.1, 0.15) is 36.1 Å². The fourth-order valence-corrected chi connectivity index (χ4v) is 2.70. The van der Waals surface area contributed by atoms with Crippen molar-refractivity contribution in [1.82, 2.24) is 5.32 Å². The standard InChI is InChI=1S/C17H18Cl2FN/c1-3-9-21-17(12-8-7-11(2)10-15(12)20)13-5-4-6-14(18)16(13)19/h4-8,10,17,21H,3,9H2,1-2H3. The zero-order chi connectivity index (χ0) is 15.4. The molecule has 1 N–H and O–H groups in total. The quantitative estimate of drug-likeness (QED) is 0.762. The van der Waals surface area contributed by atoms with E-state index >= 15 is 0 Å². The average molecular weight is 326 g/mol. The normalized spacial score (nSPS) is 12.4. The van der Waals surface area contributed by atoms with Gasteiger partial charge in [-0.1, -0.05) is 54.4 Å². The molecule has 4 heteroatoms. The molecule has 1 atom stereocenters. The van der Waals surface area contributed by atoms with Crippen LogP contribution < -0.4 is 5.32 Å². The van der Waals surface area contributed by atoms with Crippen LogP contribution in [0.5, 0.6) is 0 Å². The summed E-state index contributed by atoms with van der Waals surface area (Å²) >= 11 is 12.4. The van der Waals surface area contributed by atoms with Crippen LogP contribution in [0.4, 0.5) is 4.39 Å². The van der Waals surface area contributed by atoms with Crippen molar-refractivity contribution >= 4 is 23.2 Å². The van der Waals surface area contributed by atoms with Gasteiger partial charge in [-0.3, -0.25) is 0 Å². The van der Waals surface area contributed by atoms with Gasteiger partial charge in [-0.05, 0) is 43.1 Å². The second-order valence-electron chi connectivity index (χ2n) is 5.06. The molecule has 0 aliphatic heterocycles. The van der Waals surface area contributed by atoms with Crippen LogP contribution in [0.25, 0.3) is 0 Å². The minimum atomic E-state index is -0.309. The molecule has 0 amide bonds. The van der Waals surface area contributed by atoms with E-state index in [0.29, 0.717) is 15.6 Å². The van der Waals surface area contributed by atoms with Crippen molar-refractivity contribution in [2.24, 2.45) is 0 Å². The maximum atomic E-state index is 14.3. The van der Waals surface area contributed by atoms with Crippen molar-refractivity contribution < 1.29 is 4.39 Å². The lowest BCUT2D eigenvalue weighted by Gasteiger charge is -2.22. The Hall–Kier alpha value is -1.09. The first-order chi connectivity index (χ1) is 10.0. The van der Waals surface area contributed by atoms with Crippen molar-refractivity contribution in [1.29, 1.82) is 0 Å². The number of halogens is 3. The minimum Gasteiger partial charge on any atom is -0.306 e. The molecule has 2 aromatic rings. The molecule has 0 saturated carbocycles. The molecule has 0 saturated heterocycles. The van der Waals surface area contributed by atoms with E-state index in [1.165, 1.54) is 6.07 Å². The molecule has 1 nitrogen and oxygen atoms in total. The second kappa shape index (κ2) is 7.26. The van der Waals surface area contributed by atoms with Crippen LogP contribution in [-0.2, 0) is 0 Å². The molecule has 0 fully saturated rings. The Morgan fingerprint density at radius 3 is 2.57 bits per heavy atom. The molecule has 0 spiro atoms. The molecule has 21 heavy (non-hydrogen) atoms. The van der Waals surface area contributed by atoms with Gasteiger partial charge in [0.15, 0.2) is 0 Å². The average Bonchev–Trinajstić information content (AvgIpc) is 2.45. The Labute approximate surface area is 135 Å². The summed E-state index contributed by atoms with van der Waals surface area (Å²) in [7, 11) is 0. The first kappa shape index (κ1) is 16.3. The first-order valence-corrected chi connectivity index (χ1v) is 7.73. The van der Waals surface area contributed by atoms with Gasteiger partial charge in [0.05, 0.1) is 16.1 Å². The summed E-state index contributed by atoms with van der Waals surface area (Å²) in [5, 5.41) is 4.29. The summed E-state index contributed by atoms with van der Waals surface area (Å²) in [5.74, 6) is -0.236. The number of aryl methyl sites for hydroxylation is 1. The molecular formula is C17H18Cl2FN.